The van der Waals surface area contributed by atoms with E-state index in [4.69, 9.17) is 0 Å². The quantitative estimate of drug-likeness (QED) is 0.592. The van der Waals surface area contributed by atoms with E-state index in [0.29, 0.717) is 0 Å². The second kappa shape index (κ2) is 5.42. The van der Waals surface area contributed by atoms with E-state index in [1.165, 1.54) is 0 Å². The Hall–Kier alpha value is -0.370. The normalized spacial score (nSPS) is 16.3. The molecule has 0 fully saturated rings. The lowest BCUT2D eigenvalue weighted by atomic mass is 10.0. The summed E-state index contributed by atoms with van der Waals surface area (Å²) in [6.07, 6.45) is 3.19. The Bertz CT molecular complexity index is 91.3. The molecule has 60 valence electrons. The monoisotopic (exact) mass is 144 g/mol. The largest absolute Gasteiger partial charge is 0.392 e. The van der Waals surface area contributed by atoms with Crippen LogP contribution in [0.3, 0.4) is 0 Å². The molecule has 0 aliphatic heterocycles. The molecule has 2 heteroatoms. The lowest BCUT2D eigenvalue weighted by Crippen LogP contribution is -2.18. The van der Waals surface area contributed by atoms with Gasteiger partial charge in [0.25, 0.3) is 0 Å². The van der Waals surface area contributed by atoms with Crippen molar-refractivity contribution in [2.24, 2.45) is 5.92 Å². The van der Waals surface area contributed by atoms with Gasteiger partial charge in [0.05, 0.1) is 6.10 Å². The number of hydrogen-bond donors (Lipinski definition) is 1. The molecule has 0 saturated heterocycles. The van der Waals surface area contributed by atoms with E-state index >= 15 is 0 Å². The van der Waals surface area contributed by atoms with Gasteiger partial charge in [0.15, 0.2) is 0 Å². The van der Waals surface area contributed by atoms with Gasteiger partial charge in [-0.2, -0.15) is 0 Å². The standard InChI is InChI=1S/C8H16O2/c1-3-4-5-8(10)7(2)6-9/h6-8,10H,3-5H2,1-2H3/t7-,8?/m0/s1. The van der Waals surface area contributed by atoms with Crippen molar-refractivity contribution >= 4 is 6.29 Å². The fourth-order valence-electron chi connectivity index (χ4n) is 0.767. The summed E-state index contributed by atoms with van der Waals surface area (Å²) in [4.78, 5) is 10.1. The number of aliphatic hydroxyl groups is 1. The summed E-state index contributed by atoms with van der Waals surface area (Å²) in [5, 5.41) is 9.22. The van der Waals surface area contributed by atoms with Gasteiger partial charge in [0, 0.05) is 5.92 Å². The second-order valence-corrected chi connectivity index (χ2v) is 2.70. The maximum Gasteiger partial charge on any atom is 0.125 e. The molecule has 0 aromatic rings. The van der Waals surface area contributed by atoms with Crippen molar-refractivity contribution in [3.05, 3.63) is 0 Å². The van der Waals surface area contributed by atoms with Crippen LogP contribution in [0.5, 0.6) is 0 Å². The van der Waals surface area contributed by atoms with Gasteiger partial charge in [0.1, 0.15) is 6.29 Å². The first-order valence-electron chi connectivity index (χ1n) is 3.85. The number of aldehydes is 1. The first-order valence-corrected chi connectivity index (χ1v) is 3.85. The predicted molar refractivity (Wildman–Crippen MR) is 40.8 cm³/mol. The van der Waals surface area contributed by atoms with Crippen LogP contribution in [-0.2, 0) is 4.79 Å². The molecule has 0 radical (unpaired) electrons. The minimum atomic E-state index is -0.433. The van der Waals surface area contributed by atoms with Gasteiger partial charge in [-0.05, 0) is 6.42 Å². The lowest BCUT2D eigenvalue weighted by molar-refractivity contribution is -0.113. The highest BCUT2D eigenvalue weighted by atomic mass is 16.3. The fourth-order valence-corrected chi connectivity index (χ4v) is 0.767. The molecule has 0 saturated carbocycles. The molecule has 0 aromatic heterocycles. The van der Waals surface area contributed by atoms with Crippen LogP contribution in [0, 0.1) is 5.92 Å². The van der Waals surface area contributed by atoms with E-state index in [1.807, 2.05) is 0 Å². The van der Waals surface area contributed by atoms with Gasteiger partial charge in [-0.3, -0.25) is 0 Å². The molecule has 0 spiro atoms. The zero-order chi connectivity index (χ0) is 7.98. The Kier molecular flexibility index (Phi) is 5.22. The maximum atomic E-state index is 10.1. The smallest absolute Gasteiger partial charge is 0.125 e. The van der Waals surface area contributed by atoms with Crippen molar-refractivity contribution in [2.45, 2.75) is 39.2 Å². The average molecular weight is 144 g/mol. The van der Waals surface area contributed by atoms with E-state index < -0.39 is 6.10 Å². The molecule has 0 aliphatic rings. The molecule has 1 N–H and O–H groups in total. The summed E-state index contributed by atoms with van der Waals surface area (Å²) >= 11 is 0. The average Bonchev–Trinajstić information content (AvgIpc) is 1.98. The molecule has 0 aliphatic carbocycles. The molecular weight excluding hydrogens is 128 g/mol. The van der Waals surface area contributed by atoms with Crippen LogP contribution in [-0.4, -0.2) is 17.5 Å². The van der Waals surface area contributed by atoms with Crippen LogP contribution in [0.15, 0.2) is 0 Å². The molecule has 1 unspecified atom stereocenters. The van der Waals surface area contributed by atoms with E-state index in [-0.39, 0.29) is 5.92 Å². The van der Waals surface area contributed by atoms with Gasteiger partial charge in [-0.1, -0.05) is 26.7 Å². The molecule has 10 heavy (non-hydrogen) atoms. The molecule has 2 atom stereocenters. The Morgan fingerprint density at radius 1 is 1.60 bits per heavy atom. The topological polar surface area (TPSA) is 37.3 Å². The number of rotatable bonds is 5. The van der Waals surface area contributed by atoms with Crippen LogP contribution < -0.4 is 0 Å². The minimum absolute atomic E-state index is 0.202. The third-order valence-electron chi connectivity index (χ3n) is 1.68. The summed E-state index contributed by atoms with van der Waals surface area (Å²) < 4.78 is 0. The Morgan fingerprint density at radius 3 is 2.60 bits per heavy atom. The molecule has 2 nitrogen and oxygen atoms in total. The van der Waals surface area contributed by atoms with E-state index in [2.05, 4.69) is 6.92 Å². The highest BCUT2D eigenvalue weighted by molar-refractivity contribution is 5.53. The number of aliphatic hydroxyl groups excluding tert-OH is 1. The maximum absolute atomic E-state index is 10.1. The third kappa shape index (κ3) is 3.62. The molecule has 0 amide bonds. The van der Waals surface area contributed by atoms with Crippen molar-refractivity contribution in [3.8, 4) is 0 Å². The van der Waals surface area contributed by atoms with Crippen molar-refractivity contribution in [1.29, 1.82) is 0 Å². The molecule has 0 bridgehead atoms. The third-order valence-corrected chi connectivity index (χ3v) is 1.68. The van der Waals surface area contributed by atoms with Crippen LogP contribution >= 0.6 is 0 Å². The summed E-state index contributed by atoms with van der Waals surface area (Å²) in [5.41, 5.74) is 0. The summed E-state index contributed by atoms with van der Waals surface area (Å²) in [6.45, 7) is 3.81. The van der Waals surface area contributed by atoms with Gasteiger partial charge in [-0.15, -0.1) is 0 Å². The highest BCUT2D eigenvalue weighted by Gasteiger charge is 2.11. The lowest BCUT2D eigenvalue weighted by Gasteiger charge is -2.11. The van der Waals surface area contributed by atoms with Crippen LogP contribution in [0.4, 0.5) is 0 Å². The van der Waals surface area contributed by atoms with Crippen LogP contribution in [0.2, 0.25) is 0 Å². The predicted octanol–water partition coefficient (Wildman–Crippen LogP) is 1.37. The first kappa shape index (κ1) is 9.63. The van der Waals surface area contributed by atoms with Crippen molar-refractivity contribution in [2.75, 3.05) is 0 Å². The van der Waals surface area contributed by atoms with Gasteiger partial charge < -0.3 is 9.90 Å². The number of hydrogen-bond acceptors (Lipinski definition) is 2. The van der Waals surface area contributed by atoms with E-state index in [9.17, 15) is 9.90 Å². The molecule has 0 aromatic carbocycles. The summed E-state index contributed by atoms with van der Waals surface area (Å²) in [7, 11) is 0. The van der Waals surface area contributed by atoms with Gasteiger partial charge >= 0.3 is 0 Å². The Morgan fingerprint density at radius 2 is 2.20 bits per heavy atom. The summed E-state index contributed by atoms with van der Waals surface area (Å²) in [5.74, 6) is -0.202. The highest BCUT2D eigenvalue weighted by Crippen LogP contribution is 2.07. The van der Waals surface area contributed by atoms with Gasteiger partial charge in [0.2, 0.25) is 0 Å². The van der Waals surface area contributed by atoms with E-state index in [1.54, 1.807) is 6.92 Å². The fraction of sp³-hybridized carbons (Fsp3) is 0.875. The number of carbonyl (C=O) groups is 1. The van der Waals surface area contributed by atoms with E-state index in [0.717, 1.165) is 25.5 Å². The Labute approximate surface area is 62.2 Å². The number of unbranched alkanes of at least 4 members (excludes halogenated alkanes) is 1. The second-order valence-electron chi connectivity index (χ2n) is 2.70. The Balaban J connectivity index is 3.40. The molecular formula is C8H16O2. The number of carbonyl (C=O) groups excluding carboxylic acids is 1. The van der Waals surface area contributed by atoms with Crippen molar-refractivity contribution in [3.63, 3.8) is 0 Å². The minimum Gasteiger partial charge on any atom is -0.392 e. The zero-order valence-corrected chi connectivity index (χ0v) is 6.71. The van der Waals surface area contributed by atoms with Crippen molar-refractivity contribution < 1.29 is 9.90 Å². The van der Waals surface area contributed by atoms with Crippen LogP contribution in [0.25, 0.3) is 0 Å². The zero-order valence-electron chi connectivity index (χ0n) is 6.71. The first-order chi connectivity index (χ1) is 4.72. The van der Waals surface area contributed by atoms with Crippen molar-refractivity contribution in [1.82, 2.24) is 0 Å². The SMILES string of the molecule is CCCCC(O)[C@@H](C)C=O. The van der Waals surface area contributed by atoms with Crippen LogP contribution in [0.1, 0.15) is 33.1 Å². The summed E-state index contributed by atoms with van der Waals surface area (Å²) in [6, 6.07) is 0. The molecule has 0 heterocycles. The van der Waals surface area contributed by atoms with Gasteiger partial charge in [-0.25, -0.2) is 0 Å². The molecule has 0 rings (SSSR count).